The van der Waals surface area contributed by atoms with Crippen LogP contribution >= 0.6 is 0 Å². The first-order chi connectivity index (χ1) is 10.2. The predicted molar refractivity (Wildman–Crippen MR) is 82.3 cm³/mol. The molecule has 3 nitrogen and oxygen atoms in total. The first kappa shape index (κ1) is 16.0. The molecule has 0 radical (unpaired) electrons. The van der Waals surface area contributed by atoms with Crippen LogP contribution in [0.15, 0.2) is 18.2 Å². The van der Waals surface area contributed by atoms with Gasteiger partial charge in [-0.1, -0.05) is 11.8 Å². The third-order valence-corrected chi connectivity index (χ3v) is 3.64. The summed E-state index contributed by atoms with van der Waals surface area (Å²) in [5.41, 5.74) is 7.01. The average molecular weight is 290 g/mol. The Morgan fingerprint density at radius 1 is 1.33 bits per heavy atom. The highest BCUT2D eigenvalue weighted by atomic mass is 19.1. The van der Waals surface area contributed by atoms with E-state index in [-0.39, 0.29) is 12.4 Å². The summed E-state index contributed by atoms with van der Waals surface area (Å²) >= 11 is 0. The highest BCUT2D eigenvalue weighted by Gasteiger charge is 2.19. The normalized spacial score (nSPS) is 16.5. The van der Waals surface area contributed by atoms with Gasteiger partial charge in [0.05, 0.1) is 12.6 Å². The van der Waals surface area contributed by atoms with Crippen LogP contribution in [0.5, 0.6) is 0 Å². The van der Waals surface area contributed by atoms with E-state index in [1.807, 2.05) is 13.0 Å². The number of hydrogen-bond donors (Lipinski definition) is 1. The molecule has 114 valence electrons. The first-order valence-electron chi connectivity index (χ1n) is 7.53. The van der Waals surface area contributed by atoms with Gasteiger partial charge in [0.1, 0.15) is 5.82 Å². The van der Waals surface area contributed by atoms with E-state index >= 15 is 0 Å². The molecule has 1 aromatic carbocycles. The lowest BCUT2D eigenvalue weighted by atomic mass is 10.1. The van der Waals surface area contributed by atoms with Crippen LogP contribution in [0.2, 0.25) is 0 Å². The number of ether oxygens (including phenoxy) is 1. The molecule has 0 atom stereocenters. The van der Waals surface area contributed by atoms with Crippen molar-refractivity contribution in [3.05, 3.63) is 35.1 Å². The van der Waals surface area contributed by atoms with E-state index in [2.05, 4.69) is 16.7 Å². The van der Waals surface area contributed by atoms with E-state index in [1.54, 1.807) is 6.07 Å². The Hall–Kier alpha value is -1.41. The van der Waals surface area contributed by atoms with E-state index in [0.29, 0.717) is 11.7 Å². The van der Waals surface area contributed by atoms with Crippen molar-refractivity contribution in [2.75, 3.05) is 26.2 Å². The SMILES string of the molecule is CCOC1CCN(Cc2cc(F)cc(C#CCN)c2)CC1. The summed E-state index contributed by atoms with van der Waals surface area (Å²) in [4.78, 5) is 2.34. The molecule has 0 unspecified atom stereocenters. The highest BCUT2D eigenvalue weighted by Crippen LogP contribution is 2.17. The molecular weight excluding hydrogens is 267 g/mol. The Kier molecular flexibility index (Phi) is 6.19. The molecule has 21 heavy (non-hydrogen) atoms. The summed E-state index contributed by atoms with van der Waals surface area (Å²) in [5, 5.41) is 0. The molecule has 2 rings (SSSR count). The van der Waals surface area contributed by atoms with Gasteiger partial charge in [0, 0.05) is 31.8 Å². The zero-order valence-electron chi connectivity index (χ0n) is 12.6. The summed E-state index contributed by atoms with van der Waals surface area (Å²) in [7, 11) is 0. The van der Waals surface area contributed by atoms with Crippen LogP contribution < -0.4 is 5.73 Å². The quantitative estimate of drug-likeness (QED) is 0.864. The highest BCUT2D eigenvalue weighted by molar-refractivity contribution is 5.38. The van der Waals surface area contributed by atoms with Gasteiger partial charge < -0.3 is 10.5 Å². The maximum atomic E-state index is 13.6. The second-order valence-corrected chi connectivity index (χ2v) is 5.28. The minimum absolute atomic E-state index is 0.238. The fourth-order valence-electron chi connectivity index (χ4n) is 2.69. The molecule has 1 aliphatic heterocycles. The van der Waals surface area contributed by atoms with Crippen LogP contribution in [0, 0.1) is 17.7 Å². The van der Waals surface area contributed by atoms with Gasteiger partial charge >= 0.3 is 0 Å². The molecule has 0 aliphatic carbocycles. The monoisotopic (exact) mass is 290 g/mol. The average Bonchev–Trinajstić information content (AvgIpc) is 2.47. The van der Waals surface area contributed by atoms with Crippen molar-refractivity contribution in [1.29, 1.82) is 0 Å². The van der Waals surface area contributed by atoms with E-state index in [1.165, 1.54) is 6.07 Å². The molecule has 0 aromatic heterocycles. The Labute approximate surface area is 126 Å². The van der Waals surface area contributed by atoms with Crippen molar-refractivity contribution in [3.63, 3.8) is 0 Å². The number of hydrogen-bond acceptors (Lipinski definition) is 3. The zero-order chi connectivity index (χ0) is 15.1. The molecule has 4 heteroatoms. The topological polar surface area (TPSA) is 38.5 Å². The van der Waals surface area contributed by atoms with Gasteiger partial charge in [0.25, 0.3) is 0 Å². The van der Waals surface area contributed by atoms with E-state index in [9.17, 15) is 4.39 Å². The second kappa shape index (κ2) is 8.14. The summed E-state index contributed by atoms with van der Waals surface area (Å²) in [6.45, 7) is 5.83. The molecule has 1 aliphatic rings. The van der Waals surface area contributed by atoms with Crippen molar-refractivity contribution in [3.8, 4) is 11.8 Å². The number of nitrogens with two attached hydrogens (primary N) is 1. The lowest BCUT2D eigenvalue weighted by molar-refractivity contribution is 0.0125. The number of nitrogens with zero attached hydrogens (tertiary/aromatic N) is 1. The van der Waals surface area contributed by atoms with Crippen LogP contribution in [0.3, 0.4) is 0 Å². The number of halogens is 1. The maximum absolute atomic E-state index is 13.6. The molecular formula is C17H23FN2O. The number of piperidine rings is 1. The first-order valence-corrected chi connectivity index (χ1v) is 7.53. The Balaban J connectivity index is 1.95. The molecule has 1 aromatic rings. The molecule has 2 N–H and O–H groups in total. The molecule has 0 bridgehead atoms. The summed E-state index contributed by atoms with van der Waals surface area (Å²) < 4.78 is 19.3. The Morgan fingerprint density at radius 3 is 2.76 bits per heavy atom. The van der Waals surface area contributed by atoms with Crippen molar-refractivity contribution >= 4 is 0 Å². The fraction of sp³-hybridized carbons (Fsp3) is 0.529. The number of rotatable bonds is 4. The van der Waals surface area contributed by atoms with Gasteiger partial charge in [-0.05, 0) is 43.5 Å². The van der Waals surface area contributed by atoms with Crippen molar-refractivity contribution in [2.45, 2.75) is 32.4 Å². The van der Waals surface area contributed by atoms with Gasteiger partial charge in [0.2, 0.25) is 0 Å². The fourth-order valence-corrected chi connectivity index (χ4v) is 2.69. The van der Waals surface area contributed by atoms with Crippen molar-refractivity contribution in [2.24, 2.45) is 5.73 Å². The lowest BCUT2D eigenvalue weighted by Gasteiger charge is -2.31. The van der Waals surface area contributed by atoms with E-state index in [0.717, 1.165) is 44.6 Å². The third-order valence-electron chi connectivity index (χ3n) is 3.64. The number of likely N-dealkylation sites (tertiary alicyclic amines) is 1. The Morgan fingerprint density at radius 2 is 2.10 bits per heavy atom. The number of benzene rings is 1. The van der Waals surface area contributed by atoms with Gasteiger partial charge in [-0.2, -0.15) is 0 Å². The minimum atomic E-state index is -0.238. The zero-order valence-corrected chi connectivity index (χ0v) is 12.6. The molecule has 0 saturated carbocycles. The van der Waals surface area contributed by atoms with Crippen LogP contribution in [0.1, 0.15) is 30.9 Å². The van der Waals surface area contributed by atoms with Gasteiger partial charge in [-0.3, -0.25) is 4.90 Å². The molecule has 0 spiro atoms. The molecule has 1 fully saturated rings. The summed E-state index contributed by atoms with van der Waals surface area (Å²) in [6.07, 6.45) is 2.47. The van der Waals surface area contributed by atoms with Gasteiger partial charge in [-0.15, -0.1) is 0 Å². The van der Waals surface area contributed by atoms with E-state index < -0.39 is 0 Å². The smallest absolute Gasteiger partial charge is 0.124 e. The van der Waals surface area contributed by atoms with Crippen LogP contribution in [-0.2, 0) is 11.3 Å². The minimum Gasteiger partial charge on any atom is -0.378 e. The molecule has 0 amide bonds. The lowest BCUT2D eigenvalue weighted by Crippen LogP contribution is -2.36. The van der Waals surface area contributed by atoms with Crippen molar-refractivity contribution < 1.29 is 9.13 Å². The van der Waals surface area contributed by atoms with Gasteiger partial charge in [0.15, 0.2) is 0 Å². The van der Waals surface area contributed by atoms with Crippen molar-refractivity contribution in [1.82, 2.24) is 4.90 Å². The molecule has 1 saturated heterocycles. The largest absolute Gasteiger partial charge is 0.378 e. The summed E-state index contributed by atoms with van der Waals surface area (Å²) in [6, 6.07) is 4.98. The van der Waals surface area contributed by atoms with Crippen LogP contribution in [-0.4, -0.2) is 37.2 Å². The molecule has 1 heterocycles. The van der Waals surface area contributed by atoms with E-state index in [4.69, 9.17) is 10.5 Å². The maximum Gasteiger partial charge on any atom is 0.124 e. The predicted octanol–water partition coefficient (Wildman–Crippen LogP) is 2.14. The third kappa shape index (κ3) is 5.13. The van der Waals surface area contributed by atoms with Crippen LogP contribution in [0.4, 0.5) is 4.39 Å². The summed E-state index contributed by atoms with van der Waals surface area (Å²) in [5.74, 6) is 5.42. The standard InChI is InChI=1S/C17H23FN2O/c1-2-21-17-5-8-20(9-6-17)13-15-10-14(4-3-7-19)11-16(18)12-15/h10-12,17H,2,5-9,13,19H2,1H3. The van der Waals surface area contributed by atoms with Crippen LogP contribution in [0.25, 0.3) is 0 Å². The van der Waals surface area contributed by atoms with Gasteiger partial charge in [-0.25, -0.2) is 4.39 Å². The Bertz CT molecular complexity index is 513. The second-order valence-electron chi connectivity index (χ2n) is 5.28.